The van der Waals surface area contributed by atoms with Gasteiger partial charge in [-0.05, 0) is 28.1 Å². The topological polar surface area (TPSA) is 92.2 Å². The molecule has 110 valence electrons. The van der Waals surface area contributed by atoms with E-state index in [4.69, 9.17) is 5.11 Å². The fraction of sp³-hybridized carbons (Fsp3) is 0.0909. The average molecular weight is 392 g/mol. The molecule has 0 bridgehead atoms. The van der Waals surface area contributed by atoms with Gasteiger partial charge in [-0.15, -0.1) is 10.2 Å². The number of carbonyl (C=O) groups excluding carboxylic acids is 1. The summed E-state index contributed by atoms with van der Waals surface area (Å²) in [5.41, 5.74) is -0.126. The summed E-state index contributed by atoms with van der Waals surface area (Å²) >= 11 is 5.01. The lowest BCUT2D eigenvalue weighted by Gasteiger charge is -2.03. The van der Waals surface area contributed by atoms with Gasteiger partial charge in [0.25, 0.3) is 5.91 Å². The first-order valence-electron chi connectivity index (χ1n) is 5.41. The van der Waals surface area contributed by atoms with Crippen molar-refractivity contribution in [2.45, 2.75) is 4.34 Å². The highest BCUT2D eigenvalue weighted by molar-refractivity contribution is 9.10. The minimum Gasteiger partial charge on any atom is -0.481 e. The van der Waals surface area contributed by atoms with Crippen molar-refractivity contribution in [2.24, 2.45) is 0 Å². The van der Waals surface area contributed by atoms with E-state index in [2.05, 4.69) is 31.4 Å². The summed E-state index contributed by atoms with van der Waals surface area (Å²) in [5, 5.41) is 18.6. The molecule has 2 aromatic rings. The smallest absolute Gasteiger partial charge is 0.313 e. The third-order valence-corrected chi connectivity index (χ3v) is 4.71. The van der Waals surface area contributed by atoms with E-state index in [1.54, 1.807) is 0 Å². The first-order valence-corrected chi connectivity index (χ1v) is 8.00. The number of hydrogen-bond donors (Lipinski definition) is 2. The number of nitrogens with one attached hydrogen (secondary N) is 1. The minimum atomic E-state index is -0.975. The quantitative estimate of drug-likeness (QED) is 0.601. The van der Waals surface area contributed by atoms with Gasteiger partial charge in [-0.3, -0.25) is 14.9 Å². The zero-order chi connectivity index (χ0) is 15.4. The predicted molar refractivity (Wildman–Crippen MR) is 80.3 cm³/mol. The Kier molecular flexibility index (Phi) is 5.26. The molecular formula is C11H7BrFN3O3S2. The summed E-state index contributed by atoms with van der Waals surface area (Å²) in [7, 11) is 0. The van der Waals surface area contributed by atoms with Crippen LogP contribution in [0.1, 0.15) is 10.4 Å². The average Bonchev–Trinajstić information content (AvgIpc) is 2.87. The van der Waals surface area contributed by atoms with Crippen LogP contribution in [0.2, 0.25) is 0 Å². The second-order valence-electron chi connectivity index (χ2n) is 3.61. The standard InChI is InChI=1S/C11H7BrFN3O3S2/c12-6-3-1-2-5(8(6)13)9(19)14-10-15-16-11(21-10)20-4-7(17)18/h1-3H,4H2,(H,17,18)(H,14,15,19). The van der Waals surface area contributed by atoms with E-state index in [-0.39, 0.29) is 20.9 Å². The fourth-order valence-electron chi connectivity index (χ4n) is 1.29. The largest absolute Gasteiger partial charge is 0.481 e. The Balaban J connectivity index is 2.06. The van der Waals surface area contributed by atoms with E-state index in [1.165, 1.54) is 18.2 Å². The summed E-state index contributed by atoms with van der Waals surface area (Å²) in [4.78, 5) is 22.4. The molecule has 0 unspecified atom stereocenters. The Bertz CT molecular complexity index is 695. The normalized spacial score (nSPS) is 10.4. The van der Waals surface area contributed by atoms with Crippen LogP contribution in [-0.4, -0.2) is 32.9 Å². The van der Waals surface area contributed by atoms with Gasteiger partial charge in [-0.1, -0.05) is 29.2 Å². The van der Waals surface area contributed by atoms with E-state index in [1.807, 2.05) is 0 Å². The van der Waals surface area contributed by atoms with Crippen LogP contribution >= 0.6 is 39.0 Å². The number of carbonyl (C=O) groups is 2. The predicted octanol–water partition coefficient (Wildman–Crippen LogP) is 2.87. The van der Waals surface area contributed by atoms with Gasteiger partial charge in [0.05, 0.1) is 15.8 Å². The Morgan fingerprint density at radius 1 is 1.43 bits per heavy atom. The molecule has 0 aliphatic rings. The van der Waals surface area contributed by atoms with Gasteiger partial charge in [0.15, 0.2) is 4.34 Å². The maximum absolute atomic E-state index is 13.8. The van der Waals surface area contributed by atoms with Crippen LogP contribution in [0.15, 0.2) is 27.0 Å². The molecular weight excluding hydrogens is 385 g/mol. The number of carboxylic acid groups (broad SMARTS) is 1. The molecule has 10 heteroatoms. The van der Waals surface area contributed by atoms with Crippen LogP contribution in [0.25, 0.3) is 0 Å². The van der Waals surface area contributed by atoms with Crippen LogP contribution in [0.5, 0.6) is 0 Å². The number of amides is 1. The molecule has 1 heterocycles. The van der Waals surface area contributed by atoms with Crippen molar-refractivity contribution in [1.82, 2.24) is 10.2 Å². The molecule has 0 fully saturated rings. The highest BCUT2D eigenvalue weighted by Gasteiger charge is 2.16. The second kappa shape index (κ2) is 6.96. The molecule has 0 atom stereocenters. The van der Waals surface area contributed by atoms with Crippen molar-refractivity contribution in [2.75, 3.05) is 11.1 Å². The van der Waals surface area contributed by atoms with Gasteiger partial charge in [0.1, 0.15) is 5.82 Å². The number of carboxylic acids is 1. The lowest BCUT2D eigenvalue weighted by molar-refractivity contribution is -0.133. The lowest BCUT2D eigenvalue weighted by Crippen LogP contribution is -2.13. The van der Waals surface area contributed by atoms with Crippen LogP contribution in [0.3, 0.4) is 0 Å². The third-order valence-electron chi connectivity index (χ3n) is 2.14. The Morgan fingerprint density at radius 3 is 2.90 bits per heavy atom. The maximum atomic E-state index is 13.8. The maximum Gasteiger partial charge on any atom is 0.313 e. The van der Waals surface area contributed by atoms with Crippen molar-refractivity contribution in [3.63, 3.8) is 0 Å². The van der Waals surface area contributed by atoms with E-state index in [0.717, 1.165) is 23.1 Å². The number of benzene rings is 1. The van der Waals surface area contributed by atoms with Crippen LogP contribution in [-0.2, 0) is 4.79 Å². The molecule has 0 saturated heterocycles. The van der Waals surface area contributed by atoms with Crippen LogP contribution in [0, 0.1) is 5.82 Å². The van der Waals surface area contributed by atoms with Gasteiger partial charge < -0.3 is 5.11 Å². The Hall–Kier alpha value is -1.52. The molecule has 0 saturated carbocycles. The van der Waals surface area contributed by atoms with Gasteiger partial charge in [0, 0.05) is 0 Å². The lowest BCUT2D eigenvalue weighted by atomic mass is 10.2. The molecule has 6 nitrogen and oxygen atoms in total. The molecule has 0 aliphatic carbocycles. The SMILES string of the molecule is O=C(O)CSc1nnc(NC(=O)c2cccc(Br)c2F)s1. The molecule has 1 aromatic carbocycles. The summed E-state index contributed by atoms with van der Waals surface area (Å²) < 4.78 is 14.4. The van der Waals surface area contributed by atoms with Crippen LogP contribution in [0.4, 0.5) is 9.52 Å². The van der Waals surface area contributed by atoms with Crippen molar-refractivity contribution in [3.05, 3.63) is 34.1 Å². The number of aliphatic carboxylic acids is 1. The van der Waals surface area contributed by atoms with E-state index < -0.39 is 17.7 Å². The number of nitrogens with zero attached hydrogens (tertiary/aromatic N) is 2. The molecule has 2 rings (SSSR count). The minimum absolute atomic E-state index is 0.126. The molecule has 0 aliphatic heterocycles. The number of rotatable bonds is 5. The highest BCUT2D eigenvalue weighted by Crippen LogP contribution is 2.26. The van der Waals surface area contributed by atoms with E-state index >= 15 is 0 Å². The van der Waals surface area contributed by atoms with Crippen molar-refractivity contribution in [3.8, 4) is 0 Å². The van der Waals surface area contributed by atoms with Crippen LogP contribution < -0.4 is 5.32 Å². The van der Waals surface area contributed by atoms with Gasteiger partial charge in [0.2, 0.25) is 5.13 Å². The zero-order valence-corrected chi connectivity index (χ0v) is 13.4. The summed E-state index contributed by atoms with van der Waals surface area (Å²) in [6.07, 6.45) is 0. The molecule has 2 N–H and O–H groups in total. The van der Waals surface area contributed by atoms with E-state index in [9.17, 15) is 14.0 Å². The number of hydrogen-bond acceptors (Lipinski definition) is 6. The van der Waals surface area contributed by atoms with Crippen molar-refractivity contribution >= 4 is 56.0 Å². The monoisotopic (exact) mass is 391 g/mol. The van der Waals surface area contributed by atoms with Gasteiger partial charge in [-0.2, -0.15) is 0 Å². The van der Waals surface area contributed by atoms with Crippen molar-refractivity contribution in [1.29, 1.82) is 0 Å². The number of thioether (sulfide) groups is 1. The Labute approximate surface area is 134 Å². The highest BCUT2D eigenvalue weighted by atomic mass is 79.9. The Morgan fingerprint density at radius 2 is 2.19 bits per heavy atom. The molecule has 0 radical (unpaired) electrons. The third kappa shape index (κ3) is 4.22. The van der Waals surface area contributed by atoms with Crippen molar-refractivity contribution < 1.29 is 19.1 Å². The first kappa shape index (κ1) is 15.9. The summed E-state index contributed by atoms with van der Waals surface area (Å²) in [6.45, 7) is 0. The summed E-state index contributed by atoms with van der Waals surface area (Å²) in [6, 6.07) is 4.37. The summed E-state index contributed by atoms with van der Waals surface area (Å²) in [5.74, 6) is -2.44. The molecule has 0 spiro atoms. The molecule has 1 amide bonds. The first-order chi connectivity index (χ1) is 9.97. The van der Waals surface area contributed by atoms with Gasteiger partial charge >= 0.3 is 5.97 Å². The number of halogens is 2. The molecule has 1 aromatic heterocycles. The molecule has 21 heavy (non-hydrogen) atoms. The fourth-order valence-corrected chi connectivity index (χ4v) is 3.12. The van der Waals surface area contributed by atoms with Gasteiger partial charge in [-0.25, -0.2) is 4.39 Å². The van der Waals surface area contributed by atoms with E-state index in [0.29, 0.717) is 4.34 Å². The number of aromatic nitrogens is 2. The second-order valence-corrected chi connectivity index (χ2v) is 6.67. The zero-order valence-electron chi connectivity index (χ0n) is 10.2. The number of anilines is 1.